The third-order valence-corrected chi connectivity index (χ3v) is 4.94. The van der Waals surface area contributed by atoms with Gasteiger partial charge in [-0.3, -0.25) is 19.7 Å². The first-order valence-corrected chi connectivity index (χ1v) is 11.0. The van der Waals surface area contributed by atoms with Crippen LogP contribution in [0.5, 0.6) is 0 Å². The third kappa shape index (κ3) is 10.9. The predicted octanol–water partition coefficient (Wildman–Crippen LogP) is 5.80. The van der Waals surface area contributed by atoms with Crippen molar-refractivity contribution in [1.82, 2.24) is 0 Å². The number of benzene rings is 1. The number of hydrogen-bond acceptors (Lipinski definition) is 6. The van der Waals surface area contributed by atoms with E-state index in [-0.39, 0.29) is 25.1 Å². The van der Waals surface area contributed by atoms with Crippen LogP contribution in [0, 0.1) is 17.0 Å². The van der Waals surface area contributed by atoms with Gasteiger partial charge in [0, 0.05) is 5.56 Å². The number of carbonyl (C=O) groups excluding carboxylic acids is 2. The molecule has 0 aliphatic heterocycles. The highest BCUT2D eigenvalue weighted by atomic mass is 16.6. The molecule has 1 aromatic rings. The lowest BCUT2D eigenvalue weighted by Gasteiger charge is -2.07. The Hall–Kier alpha value is -2.44. The number of ether oxygens (including phenoxy) is 2. The summed E-state index contributed by atoms with van der Waals surface area (Å²) in [6.07, 6.45) is 10.6. The minimum Gasteiger partial charge on any atom is -0.466 e. The van der Waals surface area contributed by atoms with Crippen molar-refractivity contribution >= 4 is 17.6 Å². The number of para-hydroxylation sites is 1. The summed E-state index contributed by atoms with van der Waals surface area (Å²) < 4.78 is 10.2. The van der Waals surface area contributed by atoms with E-state index in [0.29, 0.717) is 17.7 Å². The van der Waals surface area contributed by atoms with E-state index in [1.165, 1.54) is 38.5 Å². The zero-order valence-corrected chi connectivity index (χ0v) is 18.3. The molecule has 0 aliphatic rings. The Bertz CT molecular complexity index is 674. The zero-order valence-electron chi connectivity index (χ0n) is 18.3. The lowest BCUT2D eigenvalue weighted by Crippen LogP contribution is -2.11. The second-order valence-electron chi connectivity index (χ2n) is 7.55. The Morgan fingerprint density at radius 3 is 2.07 bits per heavy atom. The number of esters is 2. The van der Waals surface area contributed by atoms with Crippen LogP contribution in [0.2, 0.25) is 0 Å². The number of nitrogens with zero attached hydrogens (tertiary/aromatic N) is 1. The van der Waals surface area contributed by atoms with Crippen molar-refractivity contribution in [3.63, 3.8) is 0 Å². The molecule has 0 aliphatic carbocycles. The SMILES string of the molecule is CCCCCCCCCCCOC(=O)CCC(=O)OCc1cccc(C)c1[N+](=O)[O-]. The molecule has 0 saturated carbocycles. The van der Waals surface area contributed by atoms with E-state index in [0.717, 1.165) is 19.3 Å². The summed E-state index contributed by atoms with van der Waals surface area (Å²) in [4.78, 5) is 34.2. The molecule has 30 heavy (non-hydrogen) atoms. The fourth-order valence-electron chi connectivity index (χ4n) is 3.20. The predicted molar refractivity (Wildman–Crippen MR) is 115 cm³/mol. The molecule has 0 aromatic heterocycles. The monoisotopic (exact) mass is 421 g/mol. The first-order chi connectivity index (χ1) is 14.5. The first kappa shape index (κ1) is 25.6. The summed E-state index contributed by atoms with van der Waals surface area (Å²) in [5.41, 5.74) is 0.792. The van der Waals surface area contributed by atoms with Crippen molar-refractivity contribution in [2.24, 2.45) is 0 Å². The number of hydrogen-bond donors (Lipinski definition) is 0. The fraction of sp³-hybridized carbons (Fsp3) is 0.652. The average Bonchev–Trinajstić information content (AvgIpc) is 2.71. The smallest absolute Gasteiger partial charge is 0.306 e. The maximum absolute atomic E-state index is 11.8. The summed E-state index contributed by atoms with van der Waals surface area (Å²) in [5.74, 6) is -1.00. The zero-order chi connectivity index (χ0) is 22.2. The van der Waals surface area contributed by atoms with Gasteiger partial charge in [0.1, 0.15) is 6.61 Å². The van der Waals surface area contributed by atoms with Gasteiger partial charge in [0.05, 0.1) is 29.9 Å². The van der Waals surface area contributed by atoms with Gasteiger partial charge in [-0.1, -0.05) is 70.4 Å². The van der Waals surface area contributed by atoms with Crippen molar-refractivity contribution in [3.05, 3.63) is 39.4 Å². The van der Waals surface area contributed by atoms with Crippen molar-refractivity contribution in [1.29, 1.82) is 0 Å². The van der Waals surface area contributed by atoms with Crippen molar-refractivity contribution in [2.45, 2.75) is 91.1 Å². The number of unbranched alkanes of at least 4 members (excludes halogenated alkanes) is 8. The van der Waals surface area contributed by atoms with Gasteiger partial charge in [0.25, 0.3) is 5.69 Å². The van der Waals surface area contributed by atoms with E-state index < -0.39 is 16.9 Å². The second-order valence-corrected chi connectivity index (χ2v) is 7.55. The lowest BCUT2D eigenvalue weighted by atomic mass is 10.1. The molecule has 0 bridgehead atoms. The van der Waals surface area contributed by atoms with Crippen molar-refractivity contribution in [3.8, 4) is 0 Å². The van der Waals surface area contributed by atoms with E-state index in [1.54, 1.807) is 25.1 Å². The average molecular weight is 422 g/mol. The first-order valence-electron chi connectivity index (χ1n) is 11.0. The molecule has 168 valence electrons. The Balaban J connectivity index is 2.11. The largest absolute Gasteiger partial charge is 0.466 e. The molecule has 0 unspecified atom stereocenters. The second kappa shape index (κ2) is 15.4. The maximum Gasteiger partial charge on any atom is 0.306 e. The Labute approximate surface area is 179 Å². The van der Waals surface area contributed by atoms with Gasteiger partial charge in [-0.25, -0.2) is 0 Å². The van der Waals surface area contributed by atoms with Gasteiger partial charge in [0.15, 0.2) is 0 Å². The molecule has 0 N–H and O–H groups in total. The third-order valence-electron chi connectivity index (χ3n) is 4.94. The van der Waals surface area contributed by atoms with Crippen LogP contribution >= 0.6 is 0 Å². The molecule has 7 nitrogen and oxygen atoms in total. The number of aryl methyl sites for hydroxylation is 1. The Morgan fingerprint density at radius 1 is 0.900 bits per heavy atom. The molecule has 0 fully saturated rings. The molecular formula is C23H35NO6. The van der Waals surface area contributed by atoms with Crippen molar-refractivity contribution in [2.75, 3.05) is 6.61 Å². The summed E-state index contributed by atoms with van der Waals surface area (Å²) in [6.45, 7) is 4.03. The van der Waals surface area contributed by atoms with Crippen LogP contribution in [0.25, 0.3) is 0 Å². The summed E-state index contributed by atoms with van der Waals surface area (Å²) in [5, 5.41) is 11.1. The van der Waals surface area contributed by atoms with Gasteiger partial charge in [-0.2, -0.15) is 0 Å². The van der Waals surface area contributed by atoms with Crippen LogP contribution < -0.4 is 0 Å². The normalized spacial score (nSPS) is 10.6. The Kier molecular flexibility index (Phi) is 13.1. The van der Waals surface area contributed by atoms with Gasteiger partial charge >= 0.3 is 11.9 Å². The van der Waals surface area contributed by atoms with E-state index in [9.17, 15) is 19.7 Å². The highest BCUT2D eigenvalue weighted by Gasteiger charge is 2.18. The quantitative estimate of drug-likeness (QED) is 0.145. The van der Waals surface area contributed by atoms with E-state index in [4.69, 9.17) is 9.47 Å². The van der Waals surface area contributed by atoms with E-state index >= 15 is 0 Å². The van der Waals surface area contributed by atoms with Crippen molar-refractivity contribution < 1.29 is 24.0 Å². The molecule has 0 amide bonds. The summed E-state index contributed by atoms with van der Waals surface area (Å²) >= 11 is 0. The van der Waals surface area contributed by atoms with Crippen LogP contribution in [-0.2, 0) is 25.7 Å². The Morgan fingerprint density at radius 2 is 1.47 bits per heavy atom. The van der Waals surface area contributed by atoms with Crippen LogP contribution in [0.3, 0.4) is 0 Å². The molecule has 0 saturated heterocycles. The highest BCUT2D eigenvalue weighted by Crippen LogP contribution is 2.23. The highest BCUT2D eigenvalue weighted by molar-refractivity contribution is 5.77. The standard InChI is InChI=1S/C23H35NO6/c1-3-4-5-6-7-8-9-10-11-17-29-21(25)15-16-22(26)30-18-20-14-12-13-19(2)23(20)24(27)28/h12-14H,3-11,15-18H2,1-2H3. The molecule has 1 aromatic carbocycles. The van der Waals surface area contributed by atoms with E-state index in [2.05, 4.69) is 6.92 Å². The van der Waals surface area contributed by atoms with Gasteiger partial charge in [-0.15, -0.1) is 0 Å². The van der Waals surface area contributed by atoms with Crippen LogP contribution in [0.4, 0.5) is 5.69 Å². The molecular weight excluding hydrogens is 386 g/mol. The maximum atomic E-state index is 11.8. The van der Waals surface area contributed by atoms with Gasteiger partial charge in [0.2, 0.25) is 0 Å². The van der Waals surface area contributed by atoms with Crippen LogP contribution in [0.15, 0.2) is 18.2 Å². The summed E-state index contributed by atoms with van der Waals surface area (Å²) in [6, 6.07) is 4.86. The van der Waals surface area contributed by atoms with Crippen LogP contribution in [0.1, 0.15) is 88.7 Å². The number of nitro groups is 1. The molecule has 0 spiro atoms. The van der Waals surface area contributed by atoms with Gasteiger partial charge < -0.3 is 9.47 Å². The molecule has 1 rings (SSSR count). The molecule has 0 atom stereocenters. The molecule has 0 heterocycles. The lowest BCUT2D eigenvalue weighted by molar-refractivity contribution is -0.386. The number of rotatable bonds is 16. The molecule has 7 heteroatoms. The van der Waals surface area contributed by atoms with Gasteiger partial charge in [-0.05, 0) is 19.4 Å². The fourth-order valence-corrected chi connectivity index (χ4v) is 3.20. The van der Waals surface area contributed by atoms with Crippen LogP contribution in [-0.4, -0.2) is 23.5 Å². The number of nitro benzene ring substituents is 1. The minimum absolute atomic E-state index is 0.0494. The topological polar surface area (TPSA) is 95.7 Å². The summed E-state index contributed by atoms with van der Waals surface area (Å²) in [7, 11) is 0. The van der Waals surface area contributed by atoms with E-state index in [1.807, 2.05) is 0 Å². The minimum atomic E-state index is -0.578. The molecule has 0 radical (unpaired) electrons. The number of carbonyl (C=O) groups is 2.